The molecule has 12 heavy (non-hydrogen) atoms. The number of halogens is 1. The van der Waals surface area contributed by atoms with Crippen LogP contribution in [0.3, 0.4) is 0 Å². The van der Waals surface area contributed by atoms with E-state index in [0.717, 1.165) is 12.2 Å². The molecule has 0 spiro atoms. The van der Waals surface area contributed by atoms with E-state index in [4.69, 9.17) is 17.5 Å². The van der Waals surface area contributed by atoms with Crippen molar-refractivity contribution in [3.63, 3.8) is 0 Å². The molecule has 0 saturated heterocycles. The Kier molecular flexibility index (Phi) is 3.54. The number of hydrogen-bond acceptors (Lipinski definition) is 6. The summed E-state index contributed by atoms with van der Waals surface area (Å²) in [6.45, 7) is 0. The predicted molar refractivity (Wildman–Crippen MR) is 48.3 cm³/mol. The van der Waals surface area contributed by atoms with Crippen molar-refractivity contribution in [3.05, 3.63) is 17.5 Å². The Morgan fingerprint density at radius 3 is 3.00 bits per heavy atom. The average Bonchev–Trinajstić information content (AvgIpc) is 2.05. The number of rotatable bonds is 3. The van der Waals surface area contributed by atoms with E-state index in [-0.39, 0.29) is 0 Å². The van der Waals surface area contributed by atoms with Crippen LogP contribution in [0.4, 0.5) is 5.82 Å². The van der Waals surface area contributed by atoms with Gasteiger partial charge in [-0.1, -0.05) is 11.6 Å². The summed E-state index contributed by atoms with van der Waals surface area (Å²) in [5.74, 6) is 5.43. The third-order valence-corrected chi connectivity index (χ3v) is 1.75. The van der Waals surface area contributed by atoms with Gasteiger partial charge in [-0.2, -0.15) is 0 Å². The molecule has 1 aromatic heterocycles. The molecule has 1 aromatic rings. The van der Waals surface area contributed by atoms with Gasteiger partial charge < -0.3 is 0 Å². The van der Waals surface area contributed by atoms with E-state index in [1.165, 1.54) is 6.20 Å². The van der Waals surface area contributed by atoms with Gasteiger partial charge in [-0.3, -0.25) is 9.29 Å². The maximum atomic E-state index is 5.61. The van der Waals surface area contributed by atoms with Gasteiger partial charge in [0.25, 0.3) is 0 Å². The highest BCUT2D eigenvalue weighted by Gasteiger charge is 2.03. The van der Waals surface area contributed by atoms with Crippen molar-refractivity contribution in [3.8, 4) is 0 Å². The molecule has 0 aliphatic carbocycles. The second kappa shape index (κ2) is 4.46. The molecule has 1 heterocycles. The summed E-state index contributed by atoms with van der Waals surface area (Å²) in [7, 11) is 1.73. The zero-order chi connectivity index (χ0) is 8.97. The second-order valence-electron chi connectivity index (χ2n) is 1.87. The van der Waals surface area contributed by atoms with E-state index in [9.17, 15) is 0 Å². The van der Waals surface area contributed by atoms with Crippen LogP contribution >= 0.6 is 23.8 Å². The zero-order valence-electron chi connectivity index (χ0n) is 6.27. The Labute approximate surface area is 79.2 Å². The summed E-state index contributed by atoms with van der Waals surface area (Å²) >= 11 is 6.55. The lowest BCUT2D eigenvalue weighted by Crippen LogP contribution is -2.11. The van der Waals surface area contributed by atoms with E-state index in [2.05, 4.69) is 14.3 Å². The highest BCUT2D eigenvalue weighted by molar-refractivity contribution is 7.96. The van der Waals surface area contributed by atoms with Crippen molar-refractivity contribution < 1.29 is 4.28 Å². The van der Waals surface area contributed by atoms with Crippen molar-refractivity contribution in [2.45, 2.75) is 0 Å². The Morgan fingerprint density at radius 2 is 2.42 bits per heavy atom. The van der Waals surface area contributed by atoms with Gasteiger partial charge in [0.05, 0.1) is 12.4 Å². The van der Waals surface area contributed by atoms with Crippen molar-refractivity contribution in [2.24, 2.45) is 5.90 Å². The molecule has 2 N–H and O–H groups in total. The fourth-order valence-corrected chi connectivity index (χ4v) is 1.02. The lowest BCUT2D eigenvalue weighted by Gasteiger charge is -2.12. The first-order valence-electron chi connectivity index (χ1n) is 2.99. The van der Waals surface area contributed by atoms with Crippen LogP contribution < -0.4 is 10.2 Å². The van der Waals surface area contributed by atoms with Crippen molar-refractivity contribution in [2.75, 3.05) is 11.4 Å². The van der Waals surface area contributed by atoms with Crippen LogP contribution in [0, 0.1) is 0 Å². The molecule has 0 unspecified atom stereocenters. The molecule has 5 nitrogen and oxygen atoms in total. The molecule has 0 aromatic carbocycles. The molecule has 0 fully saturated rings. The van der Waals surface area contributed by atoms with E-state index in [1.807, 2.05) is 0 Å². The Morgan fingerprint density at radius 1 is 1.67 bits per heavy atom. The Balaban J connectivity index is 2.73. The summed E-state index contributed by atoms with van der Waals surface area (Å²) in [4.78, 5) is 7.81. The van der Waals surface area contributed by atoms with Crippen LogP contribution in [-0.2, 0) is 4.28 Å². The van der Waals surface area contributed by atoms with Crippen LogP contribution in [0.5, 0.6) is 0 Å². The van der Waals surface area contributed by atoms with Gasteiger partial charge in [0.15, 0.2) is 5.82 Å². The third kappa shape index (κ3) is 2.49. The maximum absolute atomic E-state index is 5.61. The molecule has 0 amide bonds. The first-order valence-corrected chi connectivity index (χ1v) is 4.06. The minimum atomic E-state index is 0.331. The number of aromatic nitrogens is 2. The predicted octanol–water partition coefficient (Wildman–Crippen LogP) is 1.02. The first kappa shape index (κ1) is 9.53. The molecule has 66 valence electrons. The van der Waals surface area contributed by atoms with Gasteiger partial charge in [-0.05, 0) is 0 Å². The summed E-state index contributed by atoms with van der Waals surface area (Å²) in [6.07, 6.45) is 3.00. The lowest BCUT2D eigenvalue weighted by atomic mass is 10.7. The molecule has 0 aliphatic rings. The summed E-state index contributed by atoms with van der Waals surface area (Å²) in [6, 6.07) is 0. The molecule has 7 heteroatoms. The van der Waals surface area contributed by atoms with E-state index >= 15 is 0 Å². The maximum Gasteiger partial charge on any atom is 0.160 e. The van der Waals surface area contributed by atoms with Crippen LogP contribution in [0.1, 0.15) is 0 Å². The highest BCUT2D eigenvalue weighted by Crippen LogP contribution is 2.17. The summed E-state index contributed by atoms with van der Waals surface area (Å²) in [5.41, 5.74) is 0. The molecule has 0 bridgehead atoms. The molecular weight excluding hydrogens is 200 g/mol. The van der Waals surface area contributed by atoms with Gasteiger partial charge in [-0.15, -0.1) is 0 Å². The first-order chi connectivity index (χ1) is 5.74. The van der Waals surface area contributed by atoms with Crippen LogP contribution in [0.25, 0.3) is 0 Å². The summed E-state index contributed by atoms with van der Waals surface area (Å²) in [5, 5.41) is 0.331. The number of anilines is 1. The summed E-state index contributed by atoms with van der Waals surface area (Å²) < 4.78 is 5.93. The zero-order valence-corrected chi connectivity index (χ0v) is 7.84. The molecule has 0 saturated carbocycles. The average molecular weight is 207 g/mol. The number of nitrogens with two attached hydrogens (primary N) is 1. The normalized spacial score (nSPS) is 9.92. The lowest BCUT2D eigenvalue weighted by molar-refractivity contribution is 0.397. The largest absolute Gasteiger partial charge is 0.278 e. The number of hydrogen-bond donors (Lipinski definition) is 1. The fourth-order valence-electron chi connectivity index (χ4n) is 0.587. The second-order valence-corrected chi connectivity index (χ2v) is 3.14. The molecule has 1 rings (SSSR count). The molecular formula is C5H7ClN4OS. The van der Waals surface area contributed by atoms with Crippen LogP contribution in [0.15, 0.2) is 12.4 Å². The van der Waals surface area contributed by atoms with E-state index in [0.29, 0.717) is 11.0 Å². The van der Waals surface area contributed by atoms with Crippen LogP contribution in [-0.4, -0.2) is 17.0 Å². The van der Waals surface area contributed by atoms with Gasteiger partial charge in [0.2, 0.25) is 0 Å². The standard InChI is InChI=1S/C5H7ClN4OS/c1-10(12-11-7)5-3-8-2-4(6)9-5/h2-3H,7H2,1H3. The SMILES string of the molecule is CN(SON)c1cncc(Cl)n1. The highest BCUT2D eigenvalue weighted by atomic mass is 35.5. The van der Waals surface area contributed by atoms with Gasteiger partial charge in [-0.25, -0.2) is 15.2 Å². The Bertz CT molecular complexity index is 261. The molecule has 0 atom stereocenters. The minimum absolute atomic E-state index is 0.331. The van der Waals surface area contributed by atoms with E-state index < -0.39 is 0 Å². The van der Waals surface area contributed by atoms with Gasteiger partial charge >= 0.3 is 0 Å². The van der Waals surface area contributed by atoms with Crippen molar-refractivity contribution in [1.82, 2.24) is 9.97 Å². The third-order valence-electron chi connectivity index (χ3n) is 1.07. The molecule has 0 radical (unpaired) electrons. The van der Waals surface area contributed by atoms with Gasteiger partial charge in [0, 0.05) is 7.05 Å². The van der Waals surface area contributed by atoms with Gasteiger partial charge in [0.1, 0.15) is 17.4 Å². The smallest absolute Gasteiger partial charge is 0.160 e. The fraction of sp³-hybridized carbons (Fsp3) is 0.200. The van der Waals surface area contributed by atoms with Crippen molar-refractivity contribution in [1.29, 1.82) is 0 Å². The van der Waals surface area contributed by atoms with E-state index in [1.54, 1.807) is 17.5 Å². The minimum Gasteiger partial charge on any atom is -0.278 e. The number of nitrogens with zero attached hydrogens (tertiary/aromatic N) is 3. The quantitative estimate of drug-likeness (QED) is 0.453. The Hall–Kier alpha value is -0.560. The van der Waals surface area contributed by atoms with Crippen molar-refractivity contribution >= 4 is 29.6 Å². The topological polar surface area (TPSA) is 64.3 Å². The van der Waals surface area contributed by atoms with Crippen LogP contribution in [0.2, 0.25) is 5.15 Å². The monoisotopic (exact) mass is 206 g/mol. The molecule has 0 aliphatic heterocycles.